The third-order valence-electron chi connectivity index (χ3n) is 3.41. The molecule has 0 amide bonds. The van der Waals surface area contributed by atoms with E-state index in [1.165, 1.54) is 12.1 Å². The van der Waals surface area contributed by atoms with Crippen LogP contribution in [-0.2, 0) is 10.7 Å². The Kier molecular flexibility index (Phi) is 3.37. The van der Waals surface area contributed by atoms with Crippen LogP contribution in [-0.4, -0.2) is 11.1 Å². The van der Waals surface area contributed by atoms with E-state index < -0.39 is 17.8 Å². The lowest BCUT2D eigenvalue weighted by atomic mass is 9.99. The smallest absolute Gasteiger partial charge is 0.307 e. The Labute approximate surface area is 105 Å². The topological polar surface area (TPSA) is 37.3 Å². The van der Waals surface area contributed by atoms with E-state index >= 15 is 0 Å². The average Bonchev–Trinajstić information content (AvgIpc) is 3.09. The normalized spacial score (nSPS) is 22.8. The lowest BCUT2D eigenvalue weighted by molar-refractivity contribution is -0.138. The number of benzene rings is 1. The lowest BCUT2D eigenvalue weighted by Crippen LogP contribution is -2.13. The molecule has 1 saturated carbocycles. The minimum atomic E-state index is -2.82. The molecule has 0 saturated heterocycles. The van der Waals surface area contributed by atoms with E-state index in [9.17, 15) is 13.6 Å². The fraction of sp³-hybridized carbons (Fsp3) is 0.500. The van der Waals surface area contributed by atoms with E-state index in [2.05, 4.69) is 0 Å². The number of alkyl halides is 2. The van der Waals surface area contributed by atoms with Gasteiger partial charge in [0.2, 0.25) is 0 Å². The molecule has 1 aliphatic rings. The maximum Gasteiger partial charge on any atom is 0.307 e. The van der Waals surface area contributed by atoms with Crippen molar-refractivity contribution < 1.29 is 18.7 Å². The highest BCUT2D eigenvalue weighted by atomic mass is 19.3. The van der Waals surface area contributed by atoms with Gasteiger partial charge in [0.1, 0.15) is 0 Å². The molecule has 1 N–H and O–H groups in total. The van der Waals surface area contributed by atoms with Crippen LogP contribution in [0.25, 0.3) is 0 Å². The summed E-state index contributed by atoms with van der Waals surface area (Å²) in [5.74, 6) is -4.16. The molecule has 0 spiro atoms. The Bertz CT molecular complexity index is 457. The standard InChI is InChI=1S/C14H16F2O2/c1-2-6-14(15,16)10-5-3-4-9(7-10)11-8-12(11)13(17)18/h3-5,7,11-12H,2,6,8H2,1H3,(H,17,18). The molecular weight excluding hydrogens is 238 g/mol. The van der Waals surface area contributed by atoms with Crippen LogP contribution in [0.5, 0.6) is 0 Å². The number of aliphatic carboxylic acids is 1. The maximum absolute atomic E-state index is 13.8. The molecule has 1 fully saturated rings. The summed E-state index contributed by atoms with van der Waals surface area (Å²) in [5.41, 5.74) is 0.716. The van der Waals surface area contributed by atoms with Crippen molar-refractivity contribution in [3.63, 3.8) is 0 Å². The molecule has 0 bridgehead atoms. The van der Waals surface area contributed by atoms with Gasteiger partial charge in [-0.1, -0.05) is 31.5 Å². The number of hydrogen-bond donors (Lipinski definition) is 1. The number of carboxylic acids is 1. The van der Waals surface area contributed by atoms with Gasteiger partial charge >= 0.3 is 5.97 Å². The first kappa shape index (κ1) is 13.0. The summed E-state index contributed by atoms with van der Waals surface area (Å²) in [6.45, 7) is 1.72. The molecule has 0 aromatic heterocycles. The molecule has 1 aliphatic carbocycles. The third kappa shape index (κ3) is 2.52. The van der Waals surface area contributed by atoms with Crippen LogP contribution in [0, 0.1) is 5.92 Å². The predicted octanol–water partition coefficient (Wildman–Crippen LogP) is 3.77. The number of halogens is 2. The van der Waals surface area contributed by atoms with Crippen molar-refractivity contribution in [3.05, 3.63) is 35.4 Å². The highest BCUT2D eigenvalue weighted by Crippen LogP contribution is 2.48. The minimum Gasteiger partial charge on any atom is -0.481 e. The molecule has 1 aromatic carbocycles. The van der Waals surface area contributed by atoms with E-state index in [0.29, 0.717) is 12.8 Å². The van der Waals surface area contributed by atoms with E-state index in [0.717, 1.165) is 5.56 Å². The van der Waals surface area contributed by atoms with Gasteiger partial charge in [-0.05, 0) is 24.0 Å². The molecule has 4 heteroatoms. The van der Waals surface area contributed by atoms with Crippen molar-refractivity contribution >= 4 is 5.97 Å². The van der Waals surface area contributed by atoms with E-state index in [4.69, 9.17) is 5.11 Å². The quantitative estimate of drug-likeness (QED) is 0.868. The summed E-state index contributed by atoms with van der Waals surface area (Å²) < 4.78 is 27.5. The van der Waals surface area contributed by atoms with Gasteiger partial charge in [0.05, 0.1) is 5.92 Å². The highest BCUT2D eigenvalue weighted by Gasteiger charge is 2.44. The predicted molar refractivity (Wildman–Crippen MR) is 63.7 cm³/mol. The van der Waals surface area contributed by atoms with Gasteiger partial charge in [-0.3, -0.25) is 4.79 Å². The Morgan fingerprint density at radius 1 is 1.50 bits per heavy atom. The van der Waals surface area contributed by atoms with Crippen molar-refractivity contribution in [1.29, 1.82) is 0 Å². The Morgan fingerprint density at radius 3 is 2.78 bits per heavy atom. The zero-order valence-corrected chi connectivity index (χ0v) is 10.2. The molecule has 2 unspecified atom stereocenters. The molecule has 0 aliphatic heterocycles. The van der Waals surface area contributed by atoms with Crippen molar-refractivity contribution in [2.45, 2.75) is 38.0 Å². The summed E-state index contributed by atoms with van der Waals surface area (Å²) >= 11 is 0. The van der Waals surface area contributed by atoms with E-state index in [1.54, 1.807) is 19.1 Å². The number of carboxylic acid groups (broad SMARTS) is 1. The second kappa shape index (κ2) is 4.67. The first-order chi connectivity index (χ1) is 8.45. The van der Waals surface area contributed by atoms with Crippen LogP contribution in [0.4, 0.5) is 8.78 Å². The van der Waals surface area contributed by atoms with Crippen molar-refractivity contribution in [2.75, 3.05) is 0 Å². The zero-order chi connectivity index (χ0) is 13.3. The van der Waals surface area contributed by atoms with Gasteiger partial charge in [-0.15, -0.1) is 0 Å². The maximum atomic E-state index is 13.8. The molecule has 2 nitrogen and oxygen atoms in total. The van der Waals surface area contributed by atoms with Gasteiger partial charge < -0.3 is 5.11 Å². The van der Waals surface area contributed by atoms with Crippen molar-refractivity contribution in [1.82, 2.24) is 0 Å². The fourth-order valence-corrected chi connectivity index (χ4v) is 2.29. The van der Waals surface area contributed by atoms with Gasteiger partial charge in [0.15, 0.2) is 0 Å². The van der Waals surface area contributed by atoms with Gasteiger partial charge in [0.25, 0.3) is 5.92 Å². The summed E-state index contributed by atoms with van der Waals surface area (Å²) in [4.78, 5) is 10.8. The Balaban J connectivity index is 2.19. The molecule has 0 heterocycles. The second-order valence-electron chi connectivity index (χ2n) is 4.87. The second-order valence-corrected chi connectivity index (χ2v) is 4.87. The van der Waals surface area contributed by atoms with Crippen molar-refractivity contribution in [2.24, 2.45) is 5.92 Å². The summed E-state index contributed by atoms with van der Waals surface area (Å²) in [6, 6.07) is 6.20. The molecule has 0 radical (unpaired) electrons. The van der Waals surface area contributed by atoms with Gasteiger partial charge in [-0.25, -0.2) is 8.78 Å². The van der Waals surface area contributed by atoms with Gasteiger partial charge in [0, 0.05) is 12.0 Å². The lowest BCUT2D eigenvalue weighted by Gasteiger charge is -2.16. The fourth-order valence-electron chi connectivity index (χ4n) is 2.29. The molecule has 18 heavy (non-hydrogen) atoms. The van der Waals surface area contributed by atoms with Crippen LogP contribution in [0.3, 0.4) is 0 Å². The summed E-state index contributed by atoms with van der Waals surface area (Å²) in [7, 11) is 0. The monoisotopic (exact) mass is 254 g/mol. The van der Waals surface area contributed by atoms with Crippen LogP contribution >= 0.6 is 0 Å². The van der Waals surface area contributed by atoms with Crippen LogP contribution in [0.1, 0.15) is 43.2 Å². The van der Waals surface area contributed by atoms with E-state index in [-0.39, 0.29) is 17.9 Å². The van der Waals surface area contributed by atoms with Gasteiger partial charge in [-0.2, -0.15) is 0 Å². The molecule has 2 atom stereocenters. The summed E-state index contributed by atoms with van der Waals surface area (Å²) in [6.07, 6.45) is 0.792. The summed E-state index contributed by atoms with van der Waals surface area (Å²) in [5, 5.41) is 8.85. The number of hydrogen-bond acceptors (Lipinski definition) is 1. The number of rotatable bonds is 5. The van der Waals surface area contributed by atoms with E-state index in [1.807, 2.05) is 0 Å². The Hall–Kier alpha value is -1.45. The van der Waals surface area contributed by atoms with Crippen LogP contribution in [0.15, 0.2) is 24.3 Å². The first-order valence-corrected chi connectivity index (χ1v) is 6.16. The SMILES string of the molecule is CCCC(F)(F)c1cccc(C2CC2C(=O)O)c1. The first-order valence-electron chi connectivity index (χ1n) is 6.16. The minimum absolute atomic E-state index is 0.00195. The van der Waals surface area contributed by atoms with Crippen LogP contribution in [0.2, 0.25) is 0 Å². The molecular formula is C14H16F2O2. The molecule has 2 rings (SSSR count). The number of carbonyl (C=O) groups is 1. The molecule has 98 valence electrons. The average molecular weight is 254 g/mol. The van der Waals surface area contributed by atoms with Crippen molar-refractivity contribution in [3.8, 4) is 0 Å². The molecule has 1 aromatic rings. The largest absolute Gasteiger partial charge is 0.481 e. The third-order valence-corrected chi connectivity index (χ3v) is 3.41. The zero-order valence-electron chi connectivity index (χ0n) is 10.2. The Morgan fingerprint density at radius 2 is 2.22 bits per heavy atom. The highest BCUT2D eigenvalue weighted by molar-refractivity contribution is 5.75. The van der Waals surface area contributed by atoms with Crippen LogP contribution < -0.4 is 0 Å².